The fourth-order valence-electron chi connectivity index (χ4n) is 4.47. The molecule has 1 N–H and O–H groups in total. The van der Waals surface area contributed by atoms with Crippen LogP contribution < -0.4 is 10.9 Å². The molecule has 0 aliphatic carbocycles. The van der Waals surface area contributed by atoms with Crippen molar-refractivity contribution in [1.82, 2.24) is 19.4 Å². The quantitative estimate of drug-likeness (QED) is 0.847. The number of carbonyl (C=O) groups is 1. The Labute approximate surface area is 165 Å². The van der Waals surface area contributed by atoms with Gasteiger partial charge >= 0.3 is 0 Å². The Morgan fingerprint density at radius 2 is 2.07 bits per heavy atom. The molecule has 0 spiro atoms. The molecule has 4 rings (SSSR count). The van der Waals surface area contributed by atoms with E-state index in [4.69, 9.17) is 0 Å². The van der Waals surface area contributed by atoms with E-state index in [1.807, 2.05) is 43.1 Å². The Bertz CT molecular complexity index is 909. The molecule has 2 aromatic rings. The minimum atomic E-state index is -0.166. The Morgan fingerprint density at radius 1 is 1.21 bits per heavy atom. The van der Waals surface area contributed by atoms with Crippen molar-refractivity contribution in [2.45, 2.75) is 25.4 Å². The van der Waals surface area contributed by atoms with E-state index in [0.29, 0.717) is 24.1 Å². The number of pyridine rings is 2. The predicted molar refractivity (Wildman–Crippen MR) is 108 cm³/mol. The second kappa shape index (κ2) is 7.85. The third kappa shape index (κ3) is 4.00. The fraction of sp³-hybridized carbons (Fsp3) is 0.476. The second-order valence-electron chi connectivity index (χ2n) is 8.19. The van der Waals surface area contributed by atoms with Crippen molar-refractivity contribution >= 4 is 11.6 Å². The van der Waals surface area contributed by atoms with Crippen LogP contribution >= 0.6 is 0 Å². The molecule has 1 saturated heterocycles. The van der Waals surface area contributed by atoms with E-state index in [2.05, 4.69) is 21.3 Å². The summed E-state index contributed by atoms with van der Waals surface area (Å²) >= 11 is 0. The predicted octanol–water partition coefficient (Wildman–Crippen LogP) is 1.36. The molecule has 2 aliphatic heterocycles. The van der Waals surface area contributed by atoms with Crippen molar-refractivity contribution in [3.8, 4) is 0 Å². The van der Waals surface area contributed by atoms with Gasteiger partial charge in [0.25, 0.3) is 5.56 Å². The molecule has 28 heavy (non-hydrogen) atoms. The van der Waals surface area contributed by atoms with Crippen molar-refractivity contribution in [2.75, 3.05) is 39.0 Å². The number of likely N-dealkylation sites (tertiary alicyclic amines) is 1. The van der Waals surface area contributed by atoms with Crippen LogP contribution in [0.15, 0.2) is 41.3 Å². The minimum absolute atomic E-state index is 0.0857. The smallest absolute Gasteiger partial charge is 0.274 e. The van der Waals surface area contributed by atoms with E-state index in [-0.39, 0.29) is 18.0 Å². The van der Waals surface area contributed by atoms with Crippen LogP contribution in [0.3, 0.4) is 0 Å². The van der Waals surface area contributed by atoms with E-state index in [1.165, 1.54) is 0 Å². The Morgan fingerprint density at radius 3 is 2.82 bits per heavy atom. The number of nitrogens with one attached hydrogen (secondary N) is 1. The van der Waals surface area contributed by atoms with E-state index < -0.39 is 0 Å². The van der Waals surface area contributed by atoms with Crippen LogP contribution in [0.5, 0.6) is 0 Å². The lowest BCUT2D eigenvalue weighted by Crippen LogP contribution is -2.47. The van der Waals surface area contributed by atoms with Gasteiger partial charge in [-0.1, -0.05) is 6.07 Å². The summed E-state index contributed by atoms with van der Waals surface area (Å²) in [5.74, 6) is 0.621. The largest absolute Gasteiger partial charge is 0.320 e. The molecule has 0 saturated carbocycles. The van der Waals surface area contributed by atoms with Gasteiger partial charge in [-0.15, -0.1) is 0 Å². The van der Waals surface area contributed by atoms with Gasteiger partial charge in [0.1, 0.15) is 5.69 Å². The fourth-order valence-corrected chi connectivity index (χ4v) is 4.47. The molecule has 2 atom stereocenters. The summed E-state index contributed by atoms with van der Waals surface area (Å²) < 4.78 is 1.88. The van der Waals surface area contributed by atoms with Crippen LogP contribution in [0.2, 0.25) is 0 Å². The van der Waals surface area contributed by atoms with Gasteiger partial charge in [0, 0.05) is 44.0 Å². The Kier molecular flexibility index (Phi) is 5.28. The highest BCUT2D eigenvalue weighted by Gasteiger charge is 2.35. The first-order chi connectivity index (χ1) is 13.5. The zero-order valence-electron chi connectivity index (χ0n) is 16.5. The molecule has 2 aromatic heterocycles. The van der Waals surface area contributed by atoms with Gasteiger partial charge in [-0.25, -0.2) is 0 Å². The number of rotatable bonds is 5. The van der Waals surface area contributed by atoms with Crippen LogP contribution in [-0.2, 0) is 17.9 Å². The number of hydrogen-bond donors (Lipinski definition) is 1. The average Bonchev–Trinajstić information content (AvgIpc) is 2.64. The first kappa shape index (κ1) is 18.8. The third-order valence-electron chi connectivity index (χ3n) is 5.53. The van der Waals surface area contributed by atoms with E-state index in [9.17, 15) is 9.59 Å². The van der Waals surface area contributed by atoms with Crippen molar-refractivity contribution in [1.29, 1.82) is 0 Å². The maximum atomic E-state index is 12.9. The summed E-state index contributed by atoms with van der Waals surface area (Å²) in [6.45, 7) is 3.71. The average molecular weight is 381 g/mol. The van der Waals surface area contributed by atoms with Crippen molar-refractivity contribution in [3.63, 3.8) is 0 Å². The summed E-state index contributed by atoms with van der Waals surface area (Å²) in [5.41, 5.74) is 2.45. The van der Waals surface area contributed by atoms with Gasteiger partial charge in [-0.3, -0.25) is 19.5 Å². The molecule has 2 unspecified atom stereocenters. The lowest BCUT2D eigenvalue weighted by atomic mass is 9.83. The second-order valence-corrected chi connectivity index (χ2v) is 8.19. The minimum Gasteiger partial charge on any atom is -0.320 e. The number of anilines is 1. The number of fused-ring (bicyclic) bond motifs is 4. The van der Waals surface area contributed by atoms with Gasteiger partial charge in [0.05, 0.1) is 12.2 Å². The summed E-state index contributed by atoms with van der Waals surface area (Å²) in [5, 5.41) is 2.77. The van der Waals surface area contributed by atoms with Gasteiger partial charge in [-0.2, -0.15) is 0 Å². The van der Waals surface area contributed by atoms with Crippen LogP contribution in [-0.4, -0.2) is 59.0 Å². The number of nitrogens with zero attached hydrogens (tertiary/aromatic N) is 4. The maximum Gasteiger partial charge on any atom is 0.274 e. The topological polar surface area (TPSA) is 70.5 Å². The normalized spacial score (nSPS) is 21.4. The maximum absolute atomic E-state index is 12.9. The highest BCUT2D eigenvalue weighted by Crippen LogP contribution is 2.35. The van der Waals surface area contributed by atoms with Gasteiger partial charge in [-0.05, 0) is 50.7 Å². The summed E-state index contributed by atoms with van der Waals surface area (Å²) in [6, 6.07) is 9.79. The molecule has 148 valence electrons. The lowest BCUT2D eigenvalue weighted by molar-refractivity contribution is -0.116. The molecule has 1 fully saturated rings. The first-order valence-corrected chi connectivity index (χ1v) is 9.80. The molecule has 4 heterocycles. The molecule has 2 aliphatic rings. The molecular weight excluding hydrogens is 354 g/mol. The lowest BCUT2D eigenvalue weighted by Gasteiger charge is -2.42. The van der Waals surface area contributed by atoms with Gasteiger partial charge in [0.15, 0.2) is 0 Å². The van der Waals surface area contributed by atoms with Crippen molar-refractivity contribution in [3.05, 3.63) is 58.3 Å². The number of piperidine rings is 1. The molecule has 7 nitrogen and oxygen atoms in total. The van der Waals surface area contributed by atoms with E-state index in [0.717, 1.165) is 37.4 Å². The van der Waals surface area contributed by atoms with E-state index in [1.54, 1.807) is 11.0 Å². The molecule has 0 radical (unpaired) electrons. The summed E-state index contributed by atoms with van der Waals surface area (Å²) in [7, 11) is 3.66. The highest BCUT2D eigenvalue weighted by atomic mass is 16.2. The Balaban J connectivity index is 1.52. The van der Waals surface area contributed by atoms with Crippen LogP contribution in [0, 0.1) is 5.92 Å². The number of hydrogen-bond acceptors (Lipinski definition) is 5. The van der Waals surface area contributed by atoms with Crippen LogP contribution in [0.1, 0.15) is 23.7 Å². The molecule has 2 bridgehead atoms. The van der Waals surface area contributed by atoms with E-state index >= 15 is 0 Å². The van der Waals surface area contributed by atoms with Gasteiger partial charge < -0.3 is 14.8 Å². The Hall–Kier alpha value is -2.51. The first-order valence-electron chi connectivity index (χ1n) is 9.80. The molecule has 1 amide bonds. The molecule has 0 aromatic carbocycles. The zero-order chi connectivity index (χ0) is 19.7. The zero-order valence-corrected chi connectivity index (χ0v) is 16.5. The number of likely N-dealkylation sites (N-methyl/N-ethyl adjacent to an activating group) is 1. The highest BCUT2D eigenvalue weighted by molar-refractivity contribution is 5.92. The third-order valence-corrected chi connectivity index (χ3v) is 5.53. The molecular formula is C21H27N5O2. The van der Waals surface area contributed by atoms with Crippen LogP contribution in [0.25, 0.3) is 0 Å². The monoisotopic (exact) mass is 381 g/mol. The van der Waals surface area contributed by atoms with Crippen LogP contribution in [0.4, 0.5) is 5.69 Å². The number of amides is 1. The summed E-state index contributed by atoms with van der Waals surface area (Å²) in [4.78, 5) is 33.7. The number of aromatic nitrogens is 2. The van der Waals surface area contributed by atoms with Crippen molar-refractivity contribution in [2.24, 2.45) is 5.92 Å². The SMILES string of the molecule is CN(C)CC(=O)Nc1ccc2n(c1=O)CC1CC2CN(Cc2ccccn2)C1. The van der Waals surface area contributed by atoms with Gasteiger partial charge in [0.2, 0.25) is 5.91 Å². The van der Waals surface area contributed by atoms with Crippen molar-refractivity contribution < 1.29 is 4.79 Å². The summed E-state index contributed by atoms with van der Waals surface area (Å²) in [6.07, 6.45) is 2.95. The standard InChI is InChI=1S/C21H27N5O2/c1-24(2)14-20(27)23-18-6-7-19-16-9-15(11-26(19)21(18)28)10-25(12-16)13-17-5-3-4-8-22-17/h3-8,15-16H,9-14H2,1-2H3,(H,23,27). The molecule has 7 heteroatoms. The number of carbonyl (C=O) groups excluding carboxylic acids is 1.